The Bertz CT molecular complexity index is 326. The molecule has 1 aromatic rings. The van der Waals surface area contributed by atoms with Gasteiger partial charge in [-0.15, -0.1) is 0 Å². The largest absolute Gasteiger partial charge is 0.493 e. The van der Waals surface area contributed by atoms with Crippen molar-refractivity contribution in [2.24, 2.45) is 10.9 Å². The van der Waals surface area contributed by atoms with E-state index in [0.29, 0.717) is 18.1 Å². The number of aromatic nitrogens is 1. The van der Waals surface area contributed by atoms with Crippen LogP contribution in [0.2, 0.25) is 0 Å². The van der Waals surface area contributed by atoms with Gasteiger partial charge in [0.05, 0.1) is 6.61 Å². The Morgan fingerprint density at radius 2 is 2.50 bits per heavy atom. The van der Waals surface area contributed by atoms with E-state index < -0.39 is 0 Å². The predicted molar refractivity (Wildman–Crippen MR) is 52.5 cm³/mol. The SMILES string of the molecule is CCCOc1ccnc(C(N)=NO)c1. The number of ether oxygens (including phenoxy) is 1. The van der Waals surface area contributed by atoms with Crippen molar-refractivity contribution >= 4 is 5.84 Å². The fourth-order valence-corrected chi connectivity index (χ4v) is 0.912. The van der Waals surface area contributed by atoms with E-state index in [-0.39, 0.29) is 5.84 Å². The minimum Gasteiger partial charge on any atom is -0.493 e. The normalized spacial score (nSPS) is 11.4. The molecule has 0 spiro atoms. The fourth-order valence-electron chi connectivity index (χ4n) is 0.912. The van der Waals surface area contributed by atoms with Gasteiger partial charge in [0.1, 0.15) is 11.4 Å². The van der Waals surface area contributed by atoms with Crippen LogP contribution in [0.1, 0.15) is 19.0 Å². The first-order valence-electron chi connectivity index (χ1n) is 4.34. The summed E-state index contributed by atoms with van der Waals surface area (Å²) in [7, 11) is 0. The molecule has 1 rings (SSSR count). The van der Waals surface area contributed by atoms with E-state index in [9.17, 15) is 0 Å². The van der Waals surface area contributed by atoms with E-state index in [4.69, 9.17) is 15.7 Å². The van der Waals surface area contributed by atoms with Crippen LogP contribution in [0.25, 0.3) is 0 Å². The van der Waals surface area contributed by atoms with E-state index in [0.717, 1.165) is 6.42 Å². The molecule has 3 N–H and O–H groups in total. The lowest BCUT2D eigenvalue weighted by Gasteiger charge is -2.04. The van der Waals surface area contributed by atoms with Crippen molar-refractivity contribution in [3.05, 3.63) is 24.0 Å². The van der Waals surface area contributed by atoms with Gasteiger partial charge in [0.15, 0.2) is 5.84 Å². The van der Waals surface area contributed by atoms with Crippen LogP contribution in [0.3, 0.4) is 0 Å². The van der Waals surface area contributed by atoms with Gasteiger partial charge in [0.25, 0.3) is 0 Å². The number of amidine groups is 1. The lowest BCUT2D eigenvalue weighted by atomic mass is 10.3. The summed E-state index contributed by atoms with van der Waals surface area (Å²) in [5, 5.41) is 11.3. The smallest absolute Gasteiger partial charge is 0.188 e. The lowest BCUT2D eigenvalue weighted by molar-refractivity contribution is 0.315. The van der Waals surface area contributed by atoms with E-state index in [1.165, 1.54) is 0 Å². The maximum atomic E-state index is 8.44. The van der Waals surface area contributed by atoms with Gasteiger partial charge in [-0.3, -0.25) is 4.98 Å². The molecule has 0 aromatic carbocycles. The summed E-state index contributed by atoms with van der Waals surface area (Å²) in [4.78, 5) is 3.92. The fraction of sp³-hybridized carbons (Fsp3) is 0.333. The first-order valence-corrected chi connectivity index (χ1v) is 4.34. The summed E-state index contributed by atoms with van der Waals surface area (Å²) in [6, 6.07) is 3.36. The maximum Gasteiger partial charge on any atom is 0.188 e. The number of rotatable bonds is 4. The topological polar surface area (TPSA) is 80.7 Å². The Morgan fingerprint density at radius 3 is 3.14 bits per heavy atom. The molecule has 76 valence electrons. The van der Waals surface area contributed by atoms with Crippen molar-refractivity contribution in [1.82, 2.24) is 4.98 Å². The molecular weight excluding hydrogens is 182 g/mol. The Morgan fingerprint density at radius 1 is 1.71 bits per heavy atom. The van der Waals surface area contributed by atoms with E-state index >= 15 is 0 Å². The van der Waals surface area contributed by atoms with Gasteiger partial charge < -0.3 is 15.7 Å². The van der Waals surface area contributed by atoms with Gasteiger partial charge in [-0.05, 0) is 12.5 Å². The molecule has 5 nitrogen and oxygen atoms in total. The Kier molecular flexibility index (Phi) is 3.72. The van der Waals surface area contributed by atoms with Crippen molar-refractivity contribution < 1.29 is 9.94 Å². The highest BCUT2D eigenvalue weighted by Gasteiger charge is 2.02. The molecule has 0 saturated carbocycles. The summed E-state index contributed by atoms with van der Waals surface area (Å²) >= 11 is 0. The lowest BCUT2D eigenvalue weighted by Crippen LogP contribution is -2.14. The minimum atomic E-state index is -0.0213. The summed E-state index contributed by atoms with van der Waals surface area (Å²) < 4.78 is 5.36. The minimum absolute atomic E-state index is 0.0213. The molecule has 0 saturated heterocycles. The first-order chi connectivity index (χ1) is 6.77. The molecule has 0 atom stereocenters. The number of pyridine rings is 1. The zero-order valence-electron chi connectivity index (χ0n) is 7.97. The standard InChI is InChI=1S/C9H13N3O2/c1-2-5-14-7-3-4-11-8(6-7)9(10)12-13/h3-4,6,13H,2,5H2,1H3,(H2,10,12). The number of hydrogen-bond acceptors (Lipinski definition) is 4. The third-order valence-corrected chi connectivity index (χ3v) is 1.57. The second-order valence-electron chi connectivity index (χ2n) is 2.71. The monoisotopic (exact) mass is 195 g/mol. The van der Waals surface area contributed by atoms with Crippen LogP contribution in [-0.4, -0.2) is 22.6 Å². The number of nitrogens with two attached hydrogens (primary N) is 1. The predicted octanol–water partition coefficient (Wildman–Crippen LogP) is 0.965. The zero-order valence-corrected chi connectivity index (χ0v) is 7.97. The van der Waals surface area contributed by atoms with E-state index in [1.807, 2.05) is 6.92 Å². The number of oxime groups is 1. The number of hydrogen-bond donors (Lipinski definition) is 2. The third-order valence-electron chi connectivity index (χ3n) is 1.57. The van der Waals surface area contributed by atoms with E-state index in [1.54, 1.807) is 18.3 Å². The van der Waals surface area contributed by atoms with Crippen LogP contribution in [0, 0.1) is 0 Å². The molecule has 0 aliphatic rings. The Balaban J connectivity index is 2.79. The average Bonchev–Trinajstić information content (AvgIpc) is 2.25. The molecule has 0 bridgehead atoms. The first kappa shape index (κ1) is 10.3. The van der Waals surface area contributed by atoms with Crippen LogP contribution in [0.4, 0.5) is 0 Å². The molecule has 14 heavy (non-hydrogen) atoms. The molecule has 0 unspecified atom stereocenters. The van der Waals surface area contributed by atoms with Crippen LogP contribution in [0.5, 0.6) is 5.75 Å². The molecule has 0 amide bonds. The highest BCUT2D eigenvalue weighted by molar-refractivity contribution is 5.95. The summed E-state index contributed by atoms with van der Waals surface area (Å²) in [6.07, 6.45) is 2.49. The molecular formula is C9H13N3O2. The quantitative estimate of drug-likeness (QED) is 0.324. The second-order valence-corrected chi connectivity index (χ2v) is 2.71. The van der Waals surface area contributed by atoms with Crippen LogP contribution in [0.15, 0.2) is 23.5 Å². The van der Waals surface area contributed by atoms with Gasteiger partial charge >= 0.3 is 0 Å². The molecule has 5 heteroatoms. The van der Waals surface area contributed by atoms with Gasteiger partial charge in [-0.2, -0.15) is 0 Å². The summed E-state index contributed by atoms with van der Waals surface area (Å²) in [5.41, 5.74) is 5.78. The third kappa shape index (κ3) is 2.62. The molecule has 1 aromatic heterocycles. The van der Waals surface area contributed by atoms with Gasteiger partial charge in [-0.1, -0.05) is 12.1 Å². The zero-order chi connectivity index (χ0) is 10.4. The Labute approximate surface area is 82.2 Å². The highest BCUT2D eigenvalue weighted by Crippen LogP contribution is 2.10. The summed E-state index contributed by atoms with van der Waals surface area (Å²) in [5.74, 6) is 0.649. The van der Waals surface area contributed by atoms with Crippen molar-refractivity contribution in [3.8, 4) is 5.75 Å². The second kappa shape index (κ2) is 5.06. The van der Waals surface area contributed by atoms with Gasteiger partial charge in [0.2, 0.25) is 0 Å². The van der Waals surface area contributed by atoms with Crippen molar-refractivity contribution in [2.45, 2.75) is 13.3 Å². The van der Waals surface area contributed by atoms with Crippen molar-refractivity contribution in [3.63, 3.8) is 0 Å². The summed E-state index contributed by atoms with van der Waals surface area (Å²) in [6.45, 7) is 2.66. The average molecular weight is 195 g/mol. The van der Waals surface area contributed by atoms with Crippen LogP contribution in [-0.2, 0) is 0 Å². The van der Waals surface area contributed by atoms with Gasteiger partial charge in [-0.25, -0.2) is 0 Å². The van der Waals surface area contributed by atoms with E-state index in [2.05, 4.69) is 10.1 Å². The molecule has 0 fully saturated rings. The van der Waals surface area contributed by atoms with Gasteiger partial charge in [0, 0.05) is 12.3 Å². The maximum absolute atomic E-state index is 8.44. The van der Waals surface area contributed by atoms with Crippen LogP contribution >= 0.6 is 0 Å². The molecule has 0 radical (unpaired) electrons. The molecule has 0 aliphatic heterocycles. The number of nitrogens with zero attached hydrogens (tertiary/aromatic N) is 2. The van der Waals surface area contributed by atoms with Crippen molar-refractivity contribution in [2.75, 3.05) is 6.61 Å². The molecule has 0 aliphatic carbocycles. The highest BCUT2D eigenvalue weighted by atomic mass is 16.5. The molecule has 1 heterocycles. The van der Waals surface area contributed by atoms with Crippen molar-refractivity contribution in [1.29, 1.82) is 0 Å². The Hall–Kier alpha value is -1.78. The van der Waals surface area contributed by atoms with Crippen LogP contribution < -0.4 is 10.5 Å².